The van der Waals surface area contributed by atoms with Crippen LogP contribution in [0.3, 0.4) is 0 Å². The van der Waals surface area contributed by atoms with Crippen LogP contribution in [0.15, 0.2) is 6.20 Å². The molecule has 1 aromatic rings. The van der Waals surface area contributed by atoms with Gasteiger partial charge in [0.1, 0.15) is 12.9 Å². The smallest absolute Gasteiger partial charge is 0.361 e. The van der Waals surface area contributed by atoms with E-state index in [-0.39, 0.29) is 5.82 Å². The molecule has 0 atom stereocenters. The molecule has 0 saturated heterocycles. The minimum atomic E-state index is -1.08. The van der Waals surface area contributed by atoms with Crippen molar-refractivity contribution in [2.45, 2.75) is 39.3 Å². The minimum absolute atomic E-state index is 0.128. The number of ether oxygens (including phenoxy) is 1. The lowest BCUT2D eigenvalue weighted by atomic mass is 10.7. The molecule has 0 saturated carbocycles. The summed E-state index contributed by atoms with van der Waals surface area (Å²) in [6.07, 6.45) is 1.41. The van der Waals surface area contributed by atoms with Crippen molar-refractivity contribution in [3.05, 3.63) is 22.1 Å². The Labute approximate surface area is 102 Å². The molecule has 0 aliphatic carbocycles. The third-order valence-electron chi connectivity index (χ3n) is 2.38. The first-order valence-corrected chi connectivity index (χ1v) is 9.26. The molecular weight excluding hydrogens is 238 g/mol. The molecule has 17 heavy (non-hydrogen) atoms. The quantitative estimate of drug-likeness (QED) is 0.339. The third-order valence-corrected chi connectivity index (χ3v) is 4.08. The van der Waals surface area contributed by atoms with E-state index in [1.54, 1.807) is 11.5 Å². The summed E-state index contributed by atoms with van der Waals surface area (Å²) >= 11 is 0. The molecule has 0 aromatic carbocycles. The van der Waals surface area contributed by atoms with Gasteiger partial charge >= 0.3 is 5.82 Å². The molecule has 1 heterocycles. The molecule has 0 amide bonds. The summed E-state index contributed by atoms with van der Waals surface area (Å²) in [4.78, 5) is 13.9. The van der Waals surface area contributed by atoms with E-state index in [0.717, 1.165) is 6.04 Å². The Morgan fingerprint density at radius 3 is 2.65 bits per heavy atom. The zero-order valence-electron chi connectivity index (χ0n) is 10.8. The van der Waals surface area contributed by atoms with Gasteiger partial charge in [-0.15, -0.1) is 0 Å². The van der Waals surface area contributed by atoms with Crippen LogP contribution in [0, 0.1) is 17.0 Å². The molecule has 0 radical (unpaired) electrons. The number of aryl methyl sites for hydroxylation is 1. The van der Waals surface area contributed by atoms with E-state index in [1.807, 2.05) is 0 Å². The van der Waals surface area contributed by atoms with Gasteiger partial charge < -0.3 is 14.9 Å². The molecule has 0 bridgehead atoms. The van der Waals surface area contributed by atoms with Crippen LogP contribution in [0.5, 0.6) is 0 Å². The first-order valence-electron chi connectivity index (χ1n) is 5.55. The van der Waals surface area contributed by atoms with Crippen LogP contribution in [0.25, 0.3) is 0 Å². The zero-order chi connectivity index (χ0) is 13.1. The van der Waals surface area contributed by atoms with Crippen LogP contribution in [0.4, 0.5) is 5.82 Å². The summed E-state index contributed by atoms with van der Waals surface area (Å²) < 4.78 is 7.16. The number of hydrogen-bond acceptors (Lipinski definition) is 4. The second-order valence-corrected chi connectivity index (χ2v) is 10.8. The van der Waals surface area contributed by atoms with Crippen molar-refractivity contribution in [1.82, 2.24) is 9.55 Å². The van der Waals surface area contributed by atoms with Crippen molar-refractivity contribution in [3.8, 4) is 0 Å². The molecule has 0 N–H and O–H groups in total. The van der Waals surface area contributed by atoms with Gasteiger partial charge in [-0.25, -0.2) is 0 Å². The predicted octanol–water partition coefficient (Wildman–Crippen LogP) is 2.41. The van der Waals surface area contributed by atoms with Gasteiger partial charge in [-0.1, -0.05) is 19.6 Å². The standard InChI is InChI=1S/C10H19N3O3Si/c1-9-11-10(13(14)15)7-12(9)8-16-5-6-17(2,3)4/h7H,5-6,8H2,1-4H3. The van der Waals surface area contributed by atoms with Crippen LogP contribution < -0.4 is 0 Å². The van der Waals surface area contributed by atoms with Crippen molar-refractivity contribution in [1.29, 1.82) is 0 Å². The van der Waals surface area contributed by atoms with E-state index in [0.29, 0.717) is 19.2 Å². The summed E-state index contributed by atoms with van der Waals surface area (Å²) in [5, 5.41) is 10.5. The van der Waals surface area contributed by atoms with E-state index < -0.39 is 13.0 Å². The first-order chi connectivity index (χ1) is 7.79. The molecule has 6 nitrogen and oxygen atoms in total. The average molecular weight is 257 g/mol. The number of nitro groups is 1. The van der Waals surface area contributed by atoms with E-state index in [9.17, 15) is 10.1 Å². The molecule has 0 spiro atoms. The van der Waals surface area contributed by atoms with E-state index in [4.69, 9.17) is 4.74 Å². The van der Waals surface area contributed by atoms with Gasteiger partial charge in [0.05, 0.1) is 0 Å². The van der Waals surface area contributed by atoms with Gasteiger partial charge in [-0.3, -0.25) is 4.57 Å². The lowest BCUT2D eigenvalue weighted by Crippen LogP contribution is -2.22. The Morgan fingerprint density at radius 2 is 2.18 bits per heavy atom. The highest BCUT2D eigenvalue weighted by Crippen LogP contribution is 2.11. The number of hydrogen-bond donors (Lipinski definition) is 0. The lowest BCUT2D eigenvalue weighted by molar-refractivity contribution is -0.389. The highest BCUT2D eigenvalue weighted by Gasteiger charge is 2.15. The maximum absolute atomic E-state index is 10.5. The maximum atomic E-state index is 10.5. The van der Waals surface area contributed by atoms with Gasteiger partial charge in [-0.2, -0.15) is 0 Å². The van der Waals surface area contributed by atoms with Crippen LogP contribution in [0.1, 0.15) is 5.82 Å². The predicted molar refractivity (Wildman–Crippen MR) is 67.7 cm³/mol. The summed E-state index contributed by atoms with van der Waals surface area (Å²) in [6, 6.07) is 1.09. The first kappa shape index (κ1) is 13.9. The number of nitrogens with zero attached hydrogens (tertiary/aromatic N) is 3. The van der Waals surface area contributed by atoms with Crippen molar-refractivity contribution in [2.24, 2.45) is 0 Å². The van der Waals surface area contributed by atoms with E-state index in [2.05, 4.69) is 24.6 Å². The Kier molecular flexibility index (Phi) is 4.41. The molecule has 1 rings (SSSR count). The van der Waals surface area contributed by atoms with E-state index in [1.165, 1.54) is 6.20 Å². The molecule has 7 heteroatoms. The van der Waals surface area contributed by atoms with Crippen molar-refractivity contribution in [3.63, 3.8) is 0 Å². The number of aromatic nitrogens is 2. The van der Waals surface area contributed by atoms with Gasteiger partial charge in [0.25, 0.3) is 0 Å². The second kappa shape index (κ2) is 5.41. The Bertz CT molecular complexity index is 398. The lowest BCUT2D eigenvalue weighted by Gasteiger charge is -2.15. The van der Waals surface area contributed by atoms with Gasteiger partial charge in [0.2, 0.25) is 5.82 Å². The normalized spacial score (nSPS) is 11.8. The summed E-state index contributed by atoms with van der Waals surface area (Å²) in [6.45, 7) is 9.60. The topological polar surface area (TPSA) is 70.2 Å². The van der Waals surface area contributed by atoms with E-state index >= 15 is 0 Å². The fourth-order valence-corrected chi connectivity index (χ4v) is 2.01. The Balaban J connectivity index is 2.44. The van der Waals surface area contributed by atoms with Gasteiger partial charge in [0.15, 0.2) is 0 Å². The molecule has 0 aliphatic heterocycles. The summed E-state index contributed by atoms with van der Waals surface area (Å²) in [5.41, 5.74) is 0. The van der Waals surface area contributed by atoms with Crippen LogP contribution >= 0.6 is 0 Å². The third kappa shape index (κ3) is 4.66. The van der Waals surface area contributed by atoms with Crippen LogP contribution in [0.2, 0.25) is 25.7 Å². The van der Waals surface area contributed by atoms with Crippen molar-refractivity contribution >= 4 is 13.9 Å². The molecule has 0 aliphatic rings. The van der Waals surface area contributed by atoms with Gasteiger partial charge in [-0.05, 0) is 16.0 Å². The highest BCUT2D eigenvalue weighted by atomic mass is 28.3. The molecule has 96 valence electrons. The highest BCUT2D eigenvalue weighted by molar-refractivity contribution is 6.76. The molecule has 1 aromatic heterocycles. The number of rotatable bonds is 6. The summed E-state index contributed by atoms with van der Waals surface area (Å²) in [5.74, 6) is 0.473. The SMILES string of the molecule is Cc1nc([N+](=O)[O-])cn1COCC[Si](C)(C)C. The summed E-state index contributed by atoms with van der Waals surface area (Å²) in [7, 11) is -1.08. The monoisotopic (exact) mass is 257 g/mol. The minimum Gasteiger partial charge on any atom is -0.361 e. The molecule has 0 unspecified atom stereocenters. The average Bonchev–Trinajstić information content (AvgIpc) is 2.54. The van der Waals surface area contributed by atoms with Crippen LogP contribution in [-0.4, -0.2) is 29.2 Å². The van der Waals surface area contributed by atoms with Crippen molar-refractivity contribution < 1.29 is 9.66 Å². The Hall–Kier alpha value is -1.21. The van der Waals surface area contributed by atoms with Crippen molar-refractivity contribution in [2.75, 3.05) is 6.61 Å². The zero-order valence-corrected chi connectivity index (χ0v) is 11.8. The number of imidazole rings is 1. The van der Waals surface area contributed by atoms with Crippen LogP contribution in [-0.2, 0) is 11.5 Å². The fourth-order valence-electron chi connectivity index (χ4n) is 1.25. The molecule has 0 fully saturated rings. The molecular formula is C10H19N3O3Si. The largest absolute Gasteiger partial charge is 0.381 e. The Morgan fingerprint density at radius 1 is 1.53 bits per heavy atom. The van der Waals surface area contributed by atoms with Gasteiger partial charge in [0, 0.05) is 21.6 Å². The second-order valence-electron chi connectivity index (χ2n) is 5.22. The fraction of sp³-hybridized carbons (Fsp3) is 0.700. The maximum Gasteiger partial charge on any atom is 0.381 e.